The van der Waals surface area contributed by atoms with Crippen molar-refractivity contribution < 1.29 is 13.5 Å². The molecule has 1 aliphatic rings. The Bertz CT molecular complexity index is 508. The molecule has 4 nitrogen and oxygen atoms in total. The Morgan fingerprint density at radius 1 is 1.36 bits per heavy atom. The van der Waals surface area contributed by atoms with Crippen molar-refractivity contribution in [1.29, 1.82) is 0 Å². The fourth-order valence-corrected chi connectivity index (χ4v) is 3.34. The number of guanidine groups is 1. The molecule has 0 aromatic heterocycles. The molecule has 0 bridgehead atoms. The molecule has 0 radical (unpaired) electrons. The first kappa shape index (κ1) is 16.9. The second kappa shape index (κ2) is 8.82. The molecule has 0 aliphatic carbocycles. The van der Waals surface area contributed by atoms with Crippen molar-refractivity contribution in [2.24, 2.45) is 4.99 Å². The third kappa shape index (κ3) is 5.36. The van der Waals surface area contributed by atoms with Gasteiger partial charge in [0, 0.05) is 24.9 Å². The van der Waals surface area contributed by atoms with Crippen LogP contribution < -0.4 is 15.4 Å². The van der Waals surface area contributed by atoms with Crippen molar-refractivity contribution in [2.75, 3.05) is 32.5 Å². The normalized spacial score (nSPS) is 18.3. The number of ether oxygens (including phenoxy) is 1. The molecule has 2 N–H and O–H groups in total. The van der Waals surface area contributed by atoms with E-state index in [1.165, 1.54) is 24.7 Å². The van der Waals surface area contributed by atoms with Gasteiger partial charge in [-0.05, 0) is 30.7 Å². The first-order valence-electron chi connectivity index (χ1n) is 7.33. The van der Waals surface area contributed by atoms with Crippen molar-refractivity contribution >= 4 is 17.7 Å². The number of rotatable bonds is 6. The fourth-order valence-electron chi connectivity index (χ4n) is 2.14. The van der Waals surface area contributed by atoms with Gasteiger partial charge in [0.1, 0.15) is 12.4 Å². The lowest BCUT2D eigenvalue weighted by Gasteiger charge is -2.15. The molecule has 0 amide bonds. The van der Waals surface area contributed by atoms with Crippen LogP contribution in [0.4, 0.5) is 8.78 Å². The van der Waals surface area contributed by atoms with Crippen molar-refractivity contribution in [3.05, 3.63) is 29.8 Å². The second-order valence-corrected chi connectivity index (χ2v) is 6.35. The Kier molecular flexibility index (Phi) is 6.76. The molecule has 122 valence electrons. The zero-order chi connectivity index (χ0) is 15.8. The largest absolute Gasteiger partial charge is 0.492 e. The van der Waals surface area contributed by atoms with E-state index in [1.54, 1.807) is 7.05 Å². The Morgan fingerprint density at radius 3 is 2.91 bits per heavy atom. The highest BCUT2D eigenvalue weighted by molar-refractivity contribution is 8.00. The second-order valence-electron chi connectivity index (χ2n) is 4.94. The summed E-state index contributed by atoms with van der Waals surface area (Å²) in [5.41, 5.74) is 0. The fraction of sp³-hybridized carbons (Fsp3) is 0.533. The number of thioether (sulfide) groups is 1. The summed E-state index contributed by atoms with van der Waals surface area (Å²) in [5, 5.41) is 7.06. The molecule has 1 aromatic rings. The minimum Gasteiger partial charge on any atom is -0.492 e. The van der Waals surface area contributed by atoms with Crippen molar-refractivity contribution in [3.63, 3.8) is 0 Å². The number of halogens is 2. The summed E-state index contributed by atoms with van der Waals surface area (Å²) >= 11 is 1.99. The highest BCUT2D eigenvalue weighted by atomic mass is 32.2. The summed E-state index contributed by atoms with van der Waals surface area (Å²) in [6, 6.07) is 3.50. The number of nitrogens with one attached hydrogen (secondary N) is 2. The van der Waals surface area contributed by atoms with Gasteiger partial charge in [0.25, 0.3) is 0 Å². The van der Waals surface area contributed by atoms with Gasteiger partial charge in [-0.2, -0.15) is 11.8 Å². The zero-order valence-corrected chi connectivity index (χ0v) is 13.4. The van der Waals surface area contributed by atoms with E-state index in [0.29, 0.717) is 24.2 Å². The Morgan fingerprint density at radius 2 is 2.23 bits per heavy atom. The minimum absolute atomic E-state index is 0.311. The molecule has 1 atom stereocenters. The van der Waals surface area contributed by atoms with Gasteiger partial charge >= 0.3 is 0 Å². The van der Waals surface area contributed by atoms with Crippen LogP contribution in [-0.2, 0) is 0 Å². The summed E-state index contributed by atoms with van der Waals surface area (Å²) in [5.74, 6) is 0.490. The minimum atomic E-state index is -0.906. The summed E-state index contributed by atoms with van der Waals surface area (Å²) in [7, 11) is 1.72. The van der Waals surface area contributed by atoms with E-state index in [9.17, 15) is 8.78 Å². The molecule has 22 heavy (non-hydrogen) atoms. The van der Waals surface area contributed by atoms with Crippen LogP contribution in [0.3, 0.4) is 0 Å². The summed E-state index contributed by atoms with van der Waals surface area (Å²) < 4.78 is 31.2. The molecule has 1 heterocycles. The van der Waals surface area contributed by atoms with Crippen molar-refractivity contribution in [2.45, 2.75) is 18.1 Å². The highest BCUT2D eigenvalue weighted by Gasteiger charge is 2.15. The van der Waals surface area contributed by atoms with Gasteiger partial charge in [0.2, 0.25) is 0 Å². The summed E-state index contributed by atoms with van der Waals surface area (Å²) in [4.78, 5) is 4.14. The van der Waals surface area contributed by atoms with E-state index < -0.39 is 11.6 Å². The average Bonchev–Trinajstić information content (AvgIpc) is 3.03. The van der Waals surface area contributed by atoms with Gasteiger partial charge in [-0.1, -0.05) is 0 Å². The molecular formula is C15H21F2N3OS. The number of benzene rings is 1. The van der Waals surface area contributed by atoms with Crippen molar-refractivity contribution in [3.8, 4) is 5.75 Å². The SMILES string of the molecule is CN=C(NCCOc1ccc(F)c(F)c1)NCC1CCCS1. The molecule has 1 aromatic carbocycles. The molecule has 0 spiro atoms. The van der Waals surface area contributed by atoms with E-state index in [-0.39, 0.29) is 0 Å². The van der Waals surface area contributed by atoms with E-state index in [2.05, 4.69) is 15.6 Å². The lowest BCUT2D eigenvalue weighted by molar-refractivity contribution is 0.318. The van der Waals surface area contributed by atoms with Gasteiger partial charge in [-0.3, -0.25) is 4.99 Å². The predicted molar refractivity (Wildman–Crippen MR) is 86.7 cm³/mol. The van der Waals surface area contributed by atoms with E-state index in [0.717, 1.165) is 24.6 Å². The van der Waals surface area contributed by atoms with Crippen molar-refractivity contribution in [1.82, 2.24) is 10.6 Å². The molecule has 2 rings (SSSR count). The van der Waals surface area contributed by atoms with Crippen LogP contribution in [0.5, 0.6) is 5.75 Å². The molecule has 1 fully saturated rings. The lowest BCUT2D eigenvalue weighted by Crippen LogP contribution is -2.41. The highest BCUT2D eigenvalue weighted by Crippen LogP contribution is 2.25. The molecule has 1 unspecified atom stereocenters. The monoisotopic (exact) mass is 329 g/mol. The van der Waals surface area contributed by atoms with Crippen LogP contribution in [0.25, 0.3) is 0 Å². The first-order valence-corrected chi connectivity index (χ1v) is 8.38. The number of nitrogens with zero attached hydrogens (tertiary/aromatic N) is 1. The van der Waals surface area contributed by atoms with Crippen LogP contribution in [0.15, 0.2) is 23.2 Å². The van der Waals surface area contributed by atoms with Crippen LogP contribution in [0.1, 0.15) is 12.8 Å². The third-order valence-corrected chi connectivity index (χ3v) is 4.70. The molecule has 1 saturated heterocycles. The standard InChI is InChI=1S/C15H21F2N3OS/c1-18-15(20-10-12-3-2-8-22-12)19-6-7-21-11-4-5-13(16)14(17)9-11/h4-5,9,12H,2-3,6-8,10H2,1H3,(H2,18,19,20). The summed E-state index contributed by atoms with van der Waals surface area (Å²) in [6.07, 6.45) is 2.53. The van der Waals surface area contributed by atoms with Crippen LogP contribution in [0, 0.1) is 11.6 Å². The van der Waals surface area contributed by atoms with Gasteiger partial charge in [0.15, 0.2) is 17.6 Å². The Balaban J connectivity index is 1.64. The number of hydrogen-bond acceptors (Lipinski definition) is 3. The third-order valence-electron chi connectivity index (χ3n) is 3.30. The van der Waals surface area contributed by atoms with Gasteiger partial charge in [-0.25, -0.2) is 8.78 Å². The smallest absolute Gasteiger partial charge is 0.191 e. The molecule has 7 heteroatoms. The van der Waals surface area contributed by atoms with E-state index in [1.807, 2.05) is 11.8 Å². The molecular weight excluding hydrogens is 308 g/mol. The van der Waals surface area contributed by atoms with Crippen LogP contribution >= 0.6 is 11.8 Å². The lowest BCUT2D eigenvalue weighted by atomic mass is 10.2. The van der Waals surface area contributed by atoms with Gasteiger partial charge < -0.3 is 15.4 Å². The van der Waals surface area contributed by atoms with E-state index in [4.69, 9.17) is 4.74 Å². The average molecular weight is 329 g/mol. The Hall–Kier alpha value is -1.50. The molecule has 0 saturated carbocycles. The summed E-state index contributed by atoms with van der Waals surface area (Å²) in [6.45, 7) is 1.76. The zero-order valence-electron chi connectivity index (χ0n) is 12.6. The van der Waals surface area contributed by atoms with Crippen LogP contribution in [-0.4, -0.2) is 43.7 Å². The molecule has 1 aliphatic heterocycles. The van der Waals surface area contributed by atoms with Gasteiger partial charge in [-0.15, -0.1) is 0 Å². The maximum Gasteiger partial charge on any atom is 0.191 e. The number of hydrogen-bond donors (Lipinski definition) is 2. The van der Waals surface area contributed by atoms with E-state index >= 15 is 0 Å². The predicted octanol–water partition coefficient (Wildman–Crippen LogP) is 2.40. The first-order chi connectivity index (χ1) is 10.7. The Labute approximate surface area is 133 Å². The van der Waals surface area contributed by atoms with Crippen LogP contribution in [0.2, 0.25) is 0 Å². The topological polar surface area (TPSA) is 45.7 Å². The quantitative estimate of drug-likeness (QED) is 0.478. The maximum absolute atomic E-state index is 13.0. The van der Waals surface area contributed by atoms with Gasteiger partial charge in [0.05, 0.1) is 6.54 Å². The maximum atomic E-state index is 13.0. The number of aliphatic imine (C=N–C) groups is 1.